The van der Waals surface area contributed by atoms with Crippen LogP contribution in [0, 0.1) is 0 Å². The molecule has 1 aliphatic rings. The Labute approximate surface area is 157 Å². The molecule has 4 heteroatoms. The zero-order valence-electron chi connectivity index (χ0n) is 16.5. The van der Waals surface area contributed by atoms with E-state index in [2.05, 4.69) is 68.5 Å². The first kappa shape index (κ1) is 18.7. The number of benzene rings is 2. The molecule has 0 amide bonds. The fraction of sp³-hybridized carbons (Fsp3) is 0.455. The Hall–Kier alpha value is -2.04. The Morgan fingerprint density at radius 3 is 2.54 bits per heavy atom. The maximum Gasteiger partial charge on any atom is 0.127 e. The molecule has 0 radical (unpaired) electrons. The largest absolute Gasteiger partial charge is 0.497 e. The third-order valence-corrected chi connectivity index (χ3v) is 4.78. The van der Waals surface area contributed by atoms with Crippen LogP contribution < -0.4 is 14.8 Å². The molecular formula is C22H30N2O2. The molecular weight excluding hydrogens is 324 g/mol. The van der Waals surface area contributed by atoms with Gasteiger partial charge in [0.05, 0.1) is 7.11 Å². The Morgan fingerprint density at radius 1 is 1.15 bits per heavy atom. The van der Waals surface area contributed by atoms with Crippen LogP contribution in [0.1, 0.15) is 36.6 Å². The summed E-state index contributed by atoms with van der Waals surface area (Å²) in [4.78, 5) is 2.21. The van der Waals surface area contributed by atoms with Crippen molar-refractivity contribution in [3.05, 3.63) is 59.2 Å². The predicted octanol–water partition coefficient (Wildman–Crippen LogP) is 3.80. The van der Waals surface area contributed by atoms with Gasteiger partial charge in [-0.2, -0.15) is 0 Å². The van der Waals surface area contributed by atoms with Gasteiger partial charge in [0.15, 0.2) is 0 Å². The molecule has 1 atom stereocenters. The van der Waals surface area contributed by atoms with Crippen LogP contribution in [0.3, 0.4) is 0 Å². The number of rotatable bonds is 7. The lowest BCUT2D eigenvalue weighted by Gasteiger charge is -2.24. The summed E-state index contributed by atoms with van der Waals surface area (Å²) in [5.74, 6) is 1.94. The minimum atomic E-state index is -0.114. The standard InChI is InChI=1S/C22H30N2O2/c1-22(2)13-17-7-6-8-18(21(17)26-22)14-23-20(15-24(3)4)16-9-11-19(25-5)12-10-16/h6-12,20,23H,13-15H2,1-5H3. The monoisotopic (exact) mass is 354 g/mol. The van der Waals surface area contributed by atoms with Gasteiger partial charge in [-0.25, -0.2) is 0 Å². The molecule has 4 nitrogen and oxygen atoms in total. The van der Waals surface area contributed by atoms with Crippen molar-refractivity contribution in [3.63, 3.8) is 0 Å². The number of para-hydroxylation sites is 1. The SMILES string of the molecule is COc1ccc(C(CN(C)C)NCc2cccc3c2OC(C)(C)C3)cc1. The normalized spacial score (nSPS) is 16.2. The molecule has 1 aliphatic heterocycles. The first-order valence-electron chi connectivity index (χ1n) is 9.20. The smallest absolute Gasteiger partial charge is 0.127 e. The summed E-state index contributed by atoms with van der Waals surface area (Å²) in [5.41, 5.74) is 3.68. The molecule has 26 heavy (non-hydrogen) atoms. The molecule has 0 fully saturated rings. The molecule has 2 aromatic rings. The van der Waals surface area contributed by atoms with E-state index in [-0.39, 0.29) is 11.6 Å². The van der Waals surface area contributed by atoms with Gasteiger partial charge in [0.2, 0.25) is 0 Å². The van der Waals surface area contributed by atoms with E-state index in [0.717, 1.165) is 31.0 Å². The van der Waals surface area contributed by atoms with E-state index < -0.39 is 0 Å². The summed E-state index contributed by atoms with van der Waals surface area (Å²) in [6.45, 7) is 6.00. The van der Waals surface area contributed by atoms with Gasteiger partial charge in [0, 0.05) is 31.1 Å². The zero-order chi connectivity index (χ0) is 18.7. The molecule has 0 spiro atoms. The van der Waals surface area contributed by atoms with E-state index in [1.807, 2.05) is 12.1 Å². The highest BCUT2D eigenvalue weighted by molar-refractivity contribution is 5.45. The number of methoxy groups -OCH3 is 1. The van der Waals surface area contributed by atoms with Gasteiger partial charge >= 0.3 is 0 Å². The Kier molecular flexibility index (Phi) is 5.54. The van der Waals surface area contributed by atoms with Crippen molar-refractivity contribution in [2.45, 2.75) is 38.5 Å². The summed E-state index contributed by atoms with van der Waals surface area (Å²) in [7, 11) is 5.90. The molecule has 0 aromatic heterocycles. The molecule has 0 aliphatic carbocycles. The summed E-state index contributed by atoms with van der Waals surface area (Å²) >= 11 is 0. The molecule has 0 bridgehead atoms. The topological polar surface area (TPSA) is 33.7 Å². The van der Waals surface area contributed by atoms with Crippen molar-refractivity contribution < 1.29 is 9.47 Å². The number of likely N-dealkylation sites (N-methyl/N-ethyl adjacent to an activating group) is 1. The number of ether oxygens (including phenoxy) is 2. The van der Waals surface area contributed by atoms with E-state index in [1.165, 1.54) is 16.7 Å². The average Bonchev–Trinajstić information content (AvgIpc) is 2.93. The Balaban J connectivity index is 1.76. The molecule has 0 saturated heterocycles. The lowest BCUT2D eigenvalue weighted by molar-refractivity contribution is 0.137. The van der Waals surface area contributed by atoms with Crippen molar-refractivity contribution >= 4 is 0 Å². The minimum Gasteiger partial charge on any atom is -0.497 e. The quantitative estimate of drug-likeness (QED) is 0.820. The molecule has 0 saturated carbocycles. The summed E-state index contributed by atoms with van der Waals surface area (Å²) in [6, 6.07) is 15.0. The fourth-order valence-electron chi connectivity index (χ4n) is 3.54. The third-order valence-electron chi connectivity index (χ3n) is 4.78. The second-order valence-electron chi connectivity index (χ2n) is 7.91. The summed E-state index contributed by atoms with van der Waals surface area (Å²) in [5, 5.41) is 3.72. The molecule has 1 N–H and O–H groups in total. The van der Waals surface area contributed by atoms with Crippen molar-refractivity contribution in [3.8, 4) is 11.5 Å². The lowest BCUT2D eigenvalue weighted by atomic mass is 10.00. The third kappa shape index (κ3) is 4.37. The molecule has 1 heterocycles. The predicted molar refractivity (Wildman–Crippen MR) is 106 cm³/mol. The van der Waals surface area contributed by atoms with Crippen molar-refractivity contribution in [2.75, 3.05) is 27.7 Å². The van der Waals surface area contributed by atoms with E-state index in [4.69, 9.17) is 9.47 Å². The van der Waals surface area contributed by atoms with Gasteiger partial charge in [-0.3, -0.25) is 0 Å². The first-order valence-corrected chi connectivity index (χ1v) is 9.20. The number of hydrogen-bond acceptors (Lipinski definition) is 4. The number of nitrogens with zero attached hydrogens (tertiary/aromatic N) is 1. The molecule has 140 valence electrons. The Bertz CT molecular complexity index is 738. The molecule has 3 rings (SSSR count). The van der Waals surface area contributed by atoms with Crippen LogP contribution in [-0.2, 0) is 13.0 Å². The highest BCUT2D eigenvalue weighted by Gasteiger charge is 2.31. The van der Waals surface area contributed by atoms with Crippen molar-refractivity contribution in [2.24, 2.45) is 0 Å². The van der Waals surface area contributed by atoms with E-state index >= 15 is 0 Å². The van der Waals surface area contributed by atoms with Gasteiger partial charge in [0.1, 0.15) is 17.1 Å². The molecule has 1 unspecified atom stereocenters. The van der Waals surface area contributed by atoms with Crippen molar-refractivity contribution in [1.29, 1.82) is 0 Å². The van der Waals surface area contributed by atoms with Crippen LogP contribution in [0.2, 0.25) is 0 Å². The number of hydrogen-bond donors (Lipinski definition) is 1. The molecule has 2 aromatic carbocycles. The van der Waals surface area contributed by atoms with Gasteiger partial charge in [0.25, 0.3) is 0 Å². The summed E-state index contributed by atoms with van der Waals surface area (Å²) < 4.78 is 11.5. The number of nitrogens with one attached hydrogen (secondary N) is 1. The zero-order valence-corrected chi connectivity index (χ0v) is 16.5. The maximum absolute atomic E-state index is 6.21. The van der Waals surface area contributed by atoms with Crippen LogP contribution in [0.4, 0.5) is 0 Å². The maximum atomic E-state index is 6.21. The Morgan fingerprint density at radius 2 is 1.88 bits per heavy atom. The minimum absolute atomic E-state index is 0.114. The van der Waals surface area contributed by atoms with Crippen LogP contribution >= 0.6 is 0 Å². The van der Waals surface area contributed by atoms with E-state index in [1.54, 1.807) is 7.11 Å². The lowest BCUT2D eigenvalue weighted by Crippen LogP contribution is -2.31. The van der Waals surface area contributed by atoms with E-state index in [9.17, 15) is 0 Å². The van der Waals surface area contributed by atoms with Crippen molar-refractivity contribution in [1.82, 2.24) is 10.2 Å². The highest BCUT2D eigenvalue weighted by atomic mass is 16.5. The highest BCUT2D eigenvalue weighted by Crippen LogP contribution is 2.37. The average molecular weight is 354 g/mol. The van der Waals surface area contributed by atoms with Gasteiger partial charge in [-0.15, -0.1) is 0 Å². The van der Waals surface area contributed by atoms with Gasteiger partial charge in [-0.05, 0) is 51.2 Å². The van der Waals surface area contributed by atoms with Crippen LogP contribution in [0.15, 0.2) is 42.5 Å². The van der Waals surface area contributed by atoms with Gasteiger partial charge in [-0.1, -0.05) is 30.3 Å². The second-order valence-corrected chi connectivity index (χ2v) is 7.91. The summed E-state index contributed by atoms with van der Waals surface area (Å²) in [6.07, 6.45) is 0.968. The van der Waals surface area contributed by atoms with Gasteiger partial charge < -0.3 is 19.7 Å². The van der Waals surface area contributed by atoms with E-state index in [0.29, 0.717) is 0 Å². The fourth-order valence-corrected chi connectivity index (χ4v) is 3.54. The number of fused-ring (bicyclic) bond motifs is 1. The van der Waals surface area contributed by atoms with Crippen LogP contribution in [0.25, 0.3) is 0 Å². The van der Waals surface area contributed by atoms with Crippen LogP contribution in [0.5, 0.6) is 11.5 Å². The first-order chi connectivity index (χ1) is 12.4. The second kappa shape index (κ2) is 7.68. The van der Waals surface area contributed by atoms with Crippen LogP contribution in [-0.4, -0.2) is 38.3 Å².